The highest BCUT2D eigenvalue weighted by atomic mass is 16.1. The first kappa shape index (κ1) is 11.0. The first-order chi connectivity index (χ1) is 5.57. The van der Waals surface area contributed by atoms with E-state index in [1.165, 1.54) is 0 Å². The number of hydrogen-bond donors (Lipinski definition) is 0. The largest absolute Gasteiger partial charge is 0.295 e. The summed E-state index contributed by atoms with van der Waals surface area (Å²) >= 11 is 0. The molecule has 0 aliphatic carbocycles. The van der Waals surface area contributed by atoms with Crippen LogP contribution in [-0.2, 0) is 4.79 Å². The number of carbonyl (C=O) groups excluding carboxylic acids is 1. The molecule has 12 heavy (non-hydrogen) atoms. The van der Waals surface area contributed by atoms with Gasteiger partial charge in [-0.3, -0.25) is 4.79 Å². The Kier molecular flexibility index (Phi) is 5.12. The summed E-state index contributed by atoms with van der Waals surface area (Å²) in [6.07, 6.45) is 7.38. The first-order valence-electron chi connectivity index (χ1n) is 4.20. The van der Waals surface area contributed by atoms with Crippen LogP contribution in [0.1, 0.15) is 33.1 Å². The molecule has 1 nitrogen and oxygen atoms in total. The van der Waals surface area contributed by atoms with Crippen molar-refractivity contribution in [2.75, 3.05) is 0 Å². The quantitative estimate of drug-likeness (QED) is 0.451. The Labute approximate surface area is 74.9 Å². The van der Waals surface area contributed by atoms with Gasteiger partial charge < -0.3 is 0 Å². The van der Waals surface area contributed by atoms with E-state index in [0.29, 0.717) is 17.9 Å². The number of terminal acetylenes is 1. The molecule has 0 saturated heterocycles. The van der Waals surface area contributed by atoms with E-state index in [9.17, 15) is 4.79 Å². The molecule has 66 valence electrons. The van der Waals surface area contributed by atoms with Gasteiger partial charge in [-0.1, -0.05) is 13.5 Å². The van der Waals surface area contributed by atoms with Crippen LogP contribution in [0.25, 0.3) is 0 Å². The van der Waals surface area contributed by atoms with Gasteiger partial charge in [-0.15, -0.1) is 12.3 Å². The summed E-state index contributed by atoms with van der Waals surface area (Å²) in [5, 5.41) is 0. The minimum atomic E-state index is 0.152. The van der Waals surface area contributed by atoms with Crippen LogP contribution in [0.3, 0.4) is 0 Å². The van der Waals surface area contributed by atoms with E-state index in [1.54, 1.807) is 6.92 Å². The standard InChI is InChI=1S/C11H16O/c1-5-6-7-10(4)8-11(12)9(2)3/h1,10H,2,6-8H2,3-4H3. The average Bonchev–Trinajstić information content (AvgIpc) is 2.00. The van der Waals surface area contributed by atoms with Crippen molar-refractivity contribution < 1.29 is 4.79 Å². The van der Waals surface area contributed by atoms with Crippen molar-refractivity contribution in [2.24, 2.45) is 5.92 Å². The third kappa shape index (κ3) is 4.73. The smallest absolute Gasteiger partial charge is 0.158 e. The van der Waals surface area contributed by atoms with E-state index < -0.39 is 0 Å². The van der Waals surface area contributed by atoms with Gasteiger partial charge in [0.1, 0.15) is 0 Å². The van der Waals surface area contributed by atoms with Crippen LogP contribution < -0.4 is 0 Å². The van der Waals surface area contributed by atoms with Crippen LogP contribution in [0.5, 0.6) is 0 Å². The van der Waals surface area contributed by atoms with E-state index in [2.05, 4.69) is 12.5 Å². The minimum absolute atomic E-state index is 0.152. The van der Waals surface area contributed by atoms with Gasteiger partial charge in [0.25, 0.3) is 0 Å². The molecule has 1 atom stereocenters. The SMILES string of the molecule is C#CCCC(C)CC(=O)C(=C)C. The molecule has 0 aromatic heterocycles. The molecule has 0 heterocycles. The van der Waals surface area contributed by atoms with E-state index >= 15 is 0 Å². The molecule has 0 aliphatic rings. The lowest BCUT2D eigenvalue weighted by Gasteiger charge is -2.07. The maximum atomic E-state index is 11.2. The van der Waals surface area contributed by atoms with Crippen molar-refractivity contribution in [1.82, 2.24) is 0 Å². The lowest BCUT2D eigenvalue weighted by Crippen LogP contribution is -2.05. The van der Waals surface area contributed by atoms with Crippen LogP contribution in [-0.4, -0.2) is 5.78 Å². The van der Waals surface area contributed by atoms with E-state index in [0.717, 1.165) is 12.8 Å². The highest BCUT2D eigenvalue weighted by Crippen LogP contribution is 2.12. The predicted octanol–water partition coefficient (Wildman–Crippen LogP) is 2.57. The molecule has 0 N–H and O–H groups in total. The fourth-order valence-electron chi connectivity index (χ4n) is 0.923. The third-order valence-electron chi connectivity index (χ3n) is 1.79. The van der Waals surface area contributed by atoms with Gasteiger partial charge in [0.15, 0.2) is 5.78 Å². The molecular weight excluding hydrogens is 148 g/mol. The molecule has 0 aliphatic heterocycles. The topological polar surface area (TPSA) is 17.1 Å². The second kappa shape index (κ2) is 5.60. The van der Waals surface area contributed by atoms with Gasteiger partial charge in [-0.05, 0) is 24.8 Å². The number of ketones is 1. The summed E-state index contributed by atoms with van der Waals surface area (Å²) in [6.45, 7) is 7.38. The number of Topliss-reactive ketones (excluding diaryl/α,β-unsaturated/α-hetero) is 1. The summed E-state index contributed by atoms with van der Waals surface area (Å²) < 4.78 is 0. The summed E-state index contributed by atoms with van der Waals surface area (Å²) in [7, 11) is 0. The molecule has 0 amide bonds. The van der Waals surface area contributed by atoms with Crippen molar-refractivity contribution in [3.8, 4) is 12.3 Å². The predicted molar refractivity (Wildman–Crippen MR) is 51.7 cm³/mol. The van der Waals surface area contributed by atoms with E-state index in [1.807, 2.05) is 6.92 Å². The highest BCUT2D eigenvalue weighted by molar-refractivity contribution is 5.94. The van der Waals surface area contributed by atoms with Crippen molar-refractivity contribution in [3.63, 3.8) is 0 Å². The summed E-state index contributed by atoms with van der Waals surface area (Å²) in [5.74, 6) is 3.10. The van der Waals surface area contributed by atoms with Gasteiger partial charge in [-0.2, -0.15) is 0 Å². The first-order valence-corrected chi connectivity index (χ1v) is 4.20. The van der Waals surface area contributed by atoms with Crippen molar-refractivity contribution in [3.05, 3.63) is 12.2 Å². The van der Waals surface area contributed by atoms with Gasteiger partial charge in [0.05, 0.1) is 0 Å². The van der Waals surface area contributed by atoms with Crippen LogP contribution >= 0.6 is 0 Å². The summed E-state index contributed by atoms with van der Waals surface area (Å²) in [6, 6.07) is 0. The second-order valence-electron chi connectivity index (χ2n) is 3.26. The maximum absolute atomic E-state index is 11.2. The summed E-state index contributed by atoms with van der Waals surface area (Å²) in [4.78, 5) is 11.2. The number of carbonyl (C=O) groups is 1. The Hall–Kier alpha value is -1.03. The van der Waals surface area contributed by atoms with Crippen molar-refractivity contribution in [2.45, 2.75) is 33.1 Å². The zero-order valence-electron chi connectivity index (χ0n) is 7.89. The van der Waals surface area contributed by atoms with Gasteiger partial charge in [0, 0.05) is 12.8 Å². The monoisotopic (exact) mass is 164 g/mol. The number of allylic oxidation sites excluding steroid dienone is 1. The Morgan fingerprint density at radius 3 is 2.67 bits per heavy atom. The summed E-state index contributed by atoms with van der Waals surface area (Å²) in [5.41, 5.74) is 0.641. The average molecular weight is 164 g/mol. The Balaban J connectivity index is 3.70. The van der Waals surface area contributed by atoms with E-state index in [-0.39, 0.29) is 5.78 Å². The molecule has 0 radical (unpaired) electrons. The van der Waals surface area contributed by atoms with Crippen molar-refractivity contribution in [1.29, 1.82) is 0 Å². The van der Waals surface area contributed by atoms with Gasteiger partial charge in [-0.25, -0.2) is 0 Å². The van der Waals surface area contributed by atoms with Gasteiger partial charge >= 0.3 is 0 Å². The van der Waals surface area contributed by atoms with Crippen LogP contribution in [0.2, 0.25) is 0 Å². The Morgan fingerprint density at radius 2 is 2.25 bits per heavy atom. The molecule has 0 saturated carbocycles. The lowest BCUT2D eigenvalue weighted by molar-refractivity contribution is -0.116. The van der Waals surface area contributed by atoms with Crippen LogP contribution in [0.4, 0.5) is 0 Å². The van der Waals surface area contributed by atoms with E-state index in [4.69, 9.17) is 6.42 Å². The molecular formula is C11H16O. The second-order valence-corrected chi connectivity index (χ2v) is 3.26. The zero-order chi connectivity index (χ0) is 9.56. The Bertz CT molecular complexity index is 208. The molecule has 1 heteroatoms. The highest BCUT2D eigenvalue weighted by Gasteiger charge is 2.08. The molecule has 0 aromatic carbocycles. The minimum Gasteiger partial charge on any atom is -0.295 e. The van der Waals surface area contributed by atoms with Crippen molar-refractivity contribution >= 4 is 5.78 Å². The molecule has 0 fully saturated rings. The fourth-order valence-corrected chi connectivity index (χ4v) is 0.923. The lowest BCUT2D eigenvalue weighted by atomic mass is 9.97. The number of hydrogen-bond acceptors (Lipinski definition) is 1. The molecule has 0 bridgehead atoms. The molecule has 1 unspecified atom stereocenters. The molecule has 0 rings (SSSR count). The molecule has 0 spiro atoms. The van der Waals surface area contributed by atoms with Crippen LogP contribution in [0.15, 0.2) is 12.2 Å². The zero-order valence-corrected chi connectivity index (χ0v) is 7.89. The third-order valence-corrected chi connectivity index (χ3v) is 1.79. The maximum Gasteiger partial charge on any atom is 0.158 e. The van der Waals surface area contributed by atoms with Crippen LogP contribution in [0, 0.1) is 18.3 Å². The molecule has 0 aromatic rings. The number of rotatable bonds is 5. The Morgan fingerprint density at radius 1 is 1.67 bits per heavy atom. The van der Waals surface area contributed by atoms with Gasteiger partial charge in [0.2, 0.25) is 0 Å². The fraction of sp³-hybridized carbons (Fsp3) is 0.545. The normalized spacial score (nSPS) is 11.8.